The van der Waals surface area contributed by atoms with Gasteiger partial charge in [0.25, 0.3) is 0 Å². The van der Waals surface area contributed by atoms with Crippen molar-refractivity contribution in [2.24, 2.45) is 0 Å². The second-order valence-corrected chi connectivity index (χ2v) is 2.39. The van der Waals surface area contributed by atoms with Gasteiger partial charge in [-0.1, -0.05) is 0 Å². The Morgan fingerprint density at radius 3 is 2.46 bits per heavy atom. The first-order chi connectivity index (χ1) is 6.13. The van der Waals surface area contributed by atoms with Crippen LogP contribution in [0.4, 0.5) is 0 Å². The molecule has 0 aliphatic heterocycles. The van der Waals surface area contributed by atoms with Crippen LogP contribution in [0.2, 0.25) is 0 Å². The van der Waals surface area contributed by atoms with E-state index in [9.17, 15) is 9.90 Å². The average Bonchev–Trinajstić information content (AvgIpc) is 2.05. The van der Waals surface area contributed by atoms with E-state index in [2.05, 4.69) is 0 Å². The Kier molecular flexibility index (Phi) is 6.18. The van der Waals surface area contributed by atoms with E-state index >= 15 is 0 Å². The molecule has 0 aliphatic carbocycles. The van der Waals surface area contributed by atoms with Crippen LogP contribution in [-0.4, -0.2) is 30.4 Å². The Bertz CT molecular complexity index is 186. The fourth-order valence-electron chi connectivity index (χ4n) is 0.736. The summed E-state index contributed by atoms with van der Waals surface area (Å²) < 4.78 is 9.75. The molecule has 4 nitrogen and oxygen atoms in total. The zero-order chi connectivity index (χ0) is 10.3. The third kappa shape index (κ3) is 4.65. The fraction of sp³-hybridized carbons (Fsp3) is 0.667. The van der Waals surface area contributed by atoms with Gasteiger partial charge in [0.1, 0.15) is 0 Å². The lowest BCUT2D eigenvalue weighted by molar-refractivity contribution is -0.120. The van der Waals surface area contributed by atoms with Gasteiger partial charge < -0.3 is 14.6 Å². The van der Waals surface area contributed by atoms with Gasteiger partial charge in [0, 0.05) is 6.61 Å². The molecule has 0 heterocycles. The van der Waals surface area contributed by atoms with Crippen LogP contribution >= 0.6 is 0 Å². The normalized spacial score (nSPS) is 14.0. The summed E-state index contributed by atoms with van der Waals surface area (Å²) in [5.41, 5.74) is 0.142. The molecule has 0 spiro atoms. The number of aliphatic hydroxyl groups excluding tert-OH is 1. The minimum Gasteiger partial charge on any atom is -0.501 e. The van der Waals surface area contributed by atoms with Crippen molar-refractivity contribution >= 4 is 5.78 Å². The van der Waals surface area contributed by atoms with Crippen LogP contribution in [0.25, 0.3) is 0 Å². The topological polar surface area (TPSA) is 55.8 Å². The maximum absolute atomic E-state index is 11.0. The highest BCUT2D eigenvalue weighted by Gasteiger charge is 2.15. The summed E-state index contributed by atoms with van der Waals surface area (Å²) in [6, 6.07) is 0. The molecule has 1 unspecified atom stereocenters. The van der Waals surface area contributed by atoms with Gasteiger partial charge in [-0.3, -0.25) is 4.79 Å². The van der Waals surface area contributed by atoms with Gasteiger partial charge in [-0.15, -0.1) is 0 Å². The van der Waals surface area contributed by atoms with Crippen molar-refractivity contribution in [3.05, 3.63) is 11.8 Å². The molecule has 1 atom stereocenters. The predicted octanol–water partition coefficient (Wildman–Crippen LogP) is 0.851. The molecule has 0 saturated heterocycles. The maximum Gasteiger partial charge on any atom is 0.187 e. The van der Waals surface area contributed by atoms with Crippen LogP contribution in [0.3, 0.4) is 0 Å². The first-order valence-electron chi connectivity index (χ1n) is 4.25. The van der Waals surface area contributed by atoms with Crippen molar-refractivity contribution in [3.63, 3.8) is 0 Å². The minimum atomic E-state index is -1.19. The zero-order valence-electron chi connectivity index (χ0n) is 8.24. The van der Waals surface area contributed by atoms with E-state index in [1.54, 1.807) is 13.8 Å². The lowest BCUT2D eigenvalue weighted by Gasteiger charge is -2.11. The van der Waals surface area contributed by atoms with Crippen LogP contribution < -0.4 is 0 Å². The lowest BCUT2D eigenvalue weighted by atomic mass is 10.2. The summed E-state index contributed by atoms with van der Waals surface area (Å²) in [5, 5.41) is 9.31. The number of carbonyl (C=O) groups is 1. The SMILES string of the molecule is CCOC=C(C(C)=O)C(O)OCC. The molecule has 0 aromatic rings. The Morgan fingerprint density at radius 1 is 1.46 bits per heavy atom. The molecule has 0 rings (SSSR count). The molecule has 13 heavy (non-hydrogen) atoms. The molecule has 0 fully saturated rings. The van der Waals surface area contributed by atoms with Gasteiger partial charge >= 0.3 is 0 Å². The van der Waals surface area contributed by atoms with Crippen molar-refractivity contribution < 1.29 is 19.4 Å². The standard InChI is InChI=1S/C9H16O4/c1-4-12-6-8(7(3)10)9(11)13-5-2/h6,9,11H,4-5H2,1-3H3. The van der Waals surface area contributed by atoms with Crippen LogP contribution in [0.15, 0.2) is 11.8 Å². The quantitative estimate of drug-likeness (QED) is 0.381. The molecule has 4 heteroatoms. The number of carbonyl (C=O) groups excluding carboxylic acids is 1. The zero-order valence-corrected chi connectivity index (χ0v) is 8.24. The molecule has 0 bridgehead atoms. The van der Waals surface area contributed by atoms with E-state index in [0.717, 1.165) is 0 Å². The summed E-state index contributed by atoms with van der Waals surface area (Å²) in [6.45, 7) is 5.68. The van der Waals surface area contributed by atoms with Gasteiger partial charge in [-0.05, 0) is 20.8 Å². The Labute approximate surface area is 78.2 Å². The number of hydrogen-bond acceptors (Lipinski definition) is 4. The molecule has 1 N–H and O–H groups in total. The van der Waals surface area contributed by atoms with Crippen molar-refractivity contribution in [1.29, 1.82) is 0 Å². The third-order valence-electron chi connectivity index (χ3n) is 1.37. The molecular formula is C9H16O4. The molecule has 0 aromatic heterocycles. The Hall–Kier alpha value is -0.870. The van der Waals surface area contributed by atoms with Crippen molar-refractivity contribution in [1.82, 2.24) is 0 Å². The molecular weight excluding hydrogens is 172 g/mol. The molecule has 0 radical (unpaired) electrons. The predicted molar refractivity (Wildman–Crippen MR) is 48.0 cm³/mol. The highest BCUT2D eigenvalue weighted by Crippen LogP contribution is 2.05. The highest BCUT2D eigenvalue weighted by atomic mass is 16.6. The number of ketones is 1. The number of hydrogen-bond donors (Lipinski definition) is 1. The lowest BCUT2D eigenvalue weighted by Crippen LogP contribution is -2.20. The Balaban J connectivity index is 4.31. The van der Waals surface area contributed by atoms with E-state index in [0.29, 0.717) is 13.2 Å². The monoisotopic (exact) mass is 188 g/mol. The van der Waals surface area contributed by atoms with Crippen molar-refractivity contribution in [2.45, 2.75) is 27.1 Å². The van der Waals surface area contributed by atoms with E-state index in [1.165, 1.54) is 13.2 Å². The smallest absolute Gasteiger partial charge is 0.187 e. The number of Topliss-reactive ketones (excluding diaryl/α,β-unsaturated/α-hetero) is 1. The van der Waals surface area contributed by atoms with Crippen LogP contribution in [0.1, 0.15) is 20.8 Å². The molecule has 0 amide bonds. The van der Waals surface area contributed by atoms with Crippen LogP contribution in [0, 0.1) is 0 Å². The van der Waals surface area contributed by atoms with Crippen molar-refractivity contribution in [2.75, 3.05) is 13.2 Å². The van der Waals surface area contributed by atoms with E-state index < -0.39 is 6.29 Å². The Morgan fingerprint density at radius 2 is 2.08 bits per heavy atom. The summed E-state index contributed by atoms with van der Waals surface area (Å²) in [5.74, 6) is -0.255. The molecule has 0 aromatic carbocycles. The van der Waals surface area contributed by atoms with E-state index in [-0.39, 0.29) is 11.4 Å². The van der Waals surface area contributed by atoms with Gasteiger partial charge in [0.15, 0.2) is 12.1 Å². The fourth-order valence-corrected chi connectivity index (χ4v) is 0.736. The minimum absolute atomic E-state index is 0.142. The largest absolute Gasteiger partial charge is 0.501 e. The molecule has 76 valence electrons. The first kappa shape index (κ1) is 12.1. The number of rotatable bonds is 6. The first-order valence-corrected chi connectivity index (χ1v) is 4.25. The molecule has 0 aliphatic rings. The summed E-state index contributed by atoms with van der Waals surface area (Å²) in [6.07, 6.45) is 0.0527. The average molecular weight is 188 g/mol. The maximum atomic E-state index is 11.0. The van der Waals surface area contributed by atoms with Crippen LogP contribution in [0.5, 0.6) is 0 Å². The summed E-state index contributed by atoms with van der Waals surface area (Å²) in [7, 11) is 0. The molecule has 0 saturated carbocycles. The van der Waals surface area contributed by atoms with Crippen molar-refractivity contribution in [3.8, 4) is 0 Å². The highest BCUT2D eigenvalue weighted by molar-refractivity contribution is 5.93. The third-order valence-corrected chi connectivity index (χ3v) is 1.37. The van der Waals surface area contributed by atoms with Crippen LogP contribution in [-0.2, 0) is 14.3 Å². The number of aliphatic hydroxyl groups is 1. The second kappa shape index (κ2) is 6.62. The van der Waals surface area contributed by atoms with Gasteiger partial charge in [0.2, 0.25) is 0 Å². The van der Waals surface area contributed by atoms with Gasteiger partial charge in [0.05, 0.1) is 18.4 Å². The van der Waals surface area contributed by atoms with E-state index in [4.69, 9.17) is 9.47 Å². The summed E-state index contributed by atoms with van der Waals surface area (Å²) >= 11 is 0. The number of ether oxygens (including phenoxy) is 2. The second-order valence-electron chi connectivity index (χ2n) is 2.39. The van der Waals surface area contributed by atoms with E-state index in [1.807, 2.05) is 0 Å². The van der Waals surface area contributed by atoms with Gasteiger partial charge in [-0.25, -0.2) is 0 Å². The summed E-state index contributed by atoms with van der Waals surface area (Å²) in [4.78, 5) is 11.0. The van der Waals surface area contributed by atoms with Gasteiger partial charge in [-0.2, -0.15) is 0 Å².